The summed E-state index contributed by atoms with van der Waals surface area (Å²) >= 11 is 0. The van der Waals surface area contributed by atoms with Gasteiger partial charge in [0, 0.05) is 13.2 Å². The third-order valence-electron chi connectivity index (χ3n) is 3.67. The highest BCUT2D eigenvalue weighted by Gasteiger charge is 2.30. The van der Waals surface area contributed by atoms with Crippen LogP contribution in [0.25, 0.3) is 0 Å². The minimum Gasteiger partial charge on any atom is -0.447 e. The number of furan rings is 1. The smallest absolute Gasteiger partial charge is 0.274 e. The maximum Gasteiger partial charge on any atom is 0.274 e. The van der Waals surface area contributed by atoms with E-state index in [2.05, 4.69) is 17.0 Å². The Bertz CT molecular complexity index is 541. The van der Waals surface area contributed by atoms with Crippen LogP contribution in [0, 0.1) is 0 Å². The van der Waals surface area contributed by atoms with E-state index in [1.165, 1.54) is 6.07 Å². The van der Waals surface area contributed by atoms with Crippen molar-refractivity contribution in [3.8, 4) is 0 Å². The number of hydrogen-bond acceptors (Lipinski definition) is 5. The van der Waals surface area contributed by atoms with Gasteiger partial charge in [-0.05, 0) is 44.4 Å². The van der Waals surface area contributed by atoms with Crippen molar-refractivity contribution >= 4 is 10.0 Å². The summed E-state index contributed by atoms with van der Waals surface area (Å²) in [7, 11) is -1.93. The zero-order valence-electron chi connectivity index (χ0n) is 12.6. The molecule has 0 aliphatic heterocycles. The van der Waals surface area contributed by atoms with Gasteiger partial charge in [0.1, 0.15) is 5.76 Å². The van der Waals surface area contributed by atoms with Crippen LogP contribution in [0.4, 0.5) is 0 Å². The number of nitrogens with one attached hydrogen (secondary N) is 2. The first-order valence-corrected chi connectivity index (χ1v) is 8.88. The molecule has 1 saturated carbocycles. The summed E-state index contributed by atoms with van der Waals surface area (Å²) in [5.74, 6) is 0.630. The minimum absolute atomic E-state index is 0.0170. The Morgan fingerprint density at radius 1 is 1.38 bits per heavy atom. The number of sulfonamides is 1. The van der Waals surface area contributed by atoms with E-state index in [4.69, 9.17) is 9.15 Å². The van der Waals surface area contributed by atoms with E-state index in [1.807, 2.05) is 0 Å². The number of ether oxygens (including phenoxy) is 1. The van der Waals surface area contributed by atoms with E-state index in [-0.39, 0.29) is 17.2 Å². The Morgan fingerprint density at radius 2 is 2.19 bits per heavy atom. The van der Waals surface area contributed by atoms with Crippen molar-refractivity contribution in [3.05, 3.63) is 17.9 Å². The molecule has 21 heavy (non-hydrogen) atoms. The molecule has 1 fully saturated rings. The Morgan fingerprint density at radius 3 is 2.86 bits per heavy atom. The third kappa shape index (κ3) is 4.54. The molecule has 6 nitrogen and oxygen atoms in total. The molecule has 120 valence electrons. The summed E-state index contributed by atoms with van der Waals surface area (Å²) in [5, 5.41) is 3.16. The Hall–Kier alpha value is -0.890. The lowest BCUT2D eigenvalue weighted by atomic mass is 10.3. The molecular formula is C14H24N2O4S. The second-order valence-corrected chi connectivity index (χ2v) is 7.03. The van der Waals surface area contributed by atoms with Crippen LogP contribution >= 0.6 is 0 Å². The molecule has 2 atom stereocenters. The number of hydrogen-bond donors (Lipinski definition) is 2. The second-order valence-electron chi connectivity index (χ2n) is 5.39. The van der Waals surface area contributed by atoms with Crippen molar-refractivity contribution in [2.75, 3.05) is 13.7 Å². The molecule has 2 rings (SSSR count). The lowest BCUT2D eigenvalue weighted by Gasteiger charge is -2.11. The van der Waals surface area contributed by atoms with E-state index >= 15 is 0 Å². The van der Waals surface area contributed by atoms with Gasteiger partial charge in [-0.3, -0.25) is 0 Å². The van der Waals surface area contributed by atoms with Crippen LogP contribution in [-0.2, 0) is 21.3 Å². The zero-order chi connectivity index (χ0) is 15.3. The van der Waals surface area contributed by atoms with Crippen LogP contribution in [0.15, 0.2) is 21.6 Å². The number of methoxy groups -OCH3 is 1. The highest BCUT2D eigenvalue weighted by Crippen LogP contribution is 2.23. The van der Waals surface area contributed by atoms with Gasteiger partial charge in [0.15, 0.2) is 0 Å². The lowest BCUT2D eigenvalue weighted by molar-refractivity contribution is 0.107. The molecule has 0 radical (unpaired) electrons. The fourth-order valence-corrected chi connectivity index (χ4v) is 3.76. The maximum atomic E-state index is 12.3. The second kappa shape index (κ2) is 7.40. The van der Waals surface area contributed by atoms with Crippen LogP contribution in [-0.4, -0.2) is 34.2 Å². The van der Waals surface area contributed by atoms with E-state index in [0.29, 0.717) is 18.7 Å². The standard InChI is InChI=1S/C14H24N2O4S/c1-3-8-15-10-13-6-7-14(20-13)21(17,18)16-11-4-5-12(9-11)19-2/h6-7,11-12,15-16H,3-5,8-10H2,1-2H3. The van der Waals surface area contributed by atoms with Crippen LogP contribution in [0.2, 0.25) is 0 Å². The fraction of sp³-hybridized carbons (Fsp3) is 0.714. The van der Waals surface area contributed by atoms with Crippen molar-refractivity contribution in [1.29, 1.82) is 0 Å². The van der Waals surface area contributed by atoms with Gasteiger partial charge in [-0.2, -0.15) is 0 Å². The molecule has 1 aromatic heterocycles. The summed E-state index contributed by atoms with van der Waals surface area (Å²) in [5.41, 5.74) is 0. The number of rotatable bonds is 8. The quantitative estimate of drug-likeness (QED) is 0.712. The Labute approximate surface area is 126 Å². The summed E-state index contributed by atoms with van der Waals surface area (Å²) < 4.78 is 37.9. The highest BCUT2D eigenvalue weighted by atomic mass is 32.2. The molecule has 1 aliphatic rings. The molecule has 1 heterocycles. The van der Waals surface area contributed by atoms with Gasteiger partial charge in [0.2, 0.25) is 5.09 Å². The first kappa shape index (κ1) is 16.5. The third-order valence-corrected chi connectivity index (χ3v) is 5.06. The van der Waals surface area contributed by atoms with Crippen molar-refractivity contribution in [2.45, 2.75) is 56.4 Å². The average Bonchev–Trinajstić information content (AvgIpc) is 3.08. The fourth-order valence-electron chi connectivity index (χ4n) is 2.52. The van der Waals surface area contributed by atoms with E-state index in [0.717, 1.165) is 25.8 Å². The SMILES string of the molecule is CCCNCc1ccc(S(=O)(=O)NC2CCC(OC)C2)o1. The molecule has 0 spiro atoms. The molecule has 1 aliphatic carbocycles. The van der Waals surface area contributed by atoms with E-state index in [1.54, 1.807) is 13.2 Å². The van der Waals surface area contributed by atoms with Gasteiger partial charge < -0.3 is 14.5 Å². The van der Waals surface area contributed by atoms with Crippen LogP contribution in [0.5, 0.6) is 0 Å². The molecule has 0 amide bonds. The molecule has 0 aromatic carbocycles. The topological polar surface area (TPSA) is 80.6 Å². The van der Waals surface area contributed by atoms with Gasteiger partial charge >= 0.3 is 0 Å². The molecule has 1 aromatic rings. The zero-order valence-corrected chi connectivity index (χ0v) is 13.4. The molecule has 7 heteroatoms. The lowest BCUT2D eigenvalue weighted by Crippen LogP contribution is -2.33. The van der Waals surface area contributed by atoms with Gasteiger partial charge in [-0.25, -0.2) is 13.1 Å². The van der Waals surface area contributed by atoms with Crippen molar-refractivity contribution in [1.82, 2.24) is 10.0 Å². The monoisotopic (exact) mass is 316 g/mol. The molecule has 2 N–H and O–H groups in total. The predicted octanol–water partition coefficient (Wildman–Crippen LogP) is 1.62. The first-order valence-electron chi connectivity index (χ1n) is 7.39. The van der Waals surface area contributed by atoms with Crippen LogP contribution < -0.4 is 10.0 Å². The van der Waals surface area contributed by atoms with Crippen molar-refractivity contribution in [2.24, 2.45) is 0 Å². The average molecular weight is 316 g/mol. The van der Waals surface area contributed by atoms with Crippen LogP contribution in [0.3, 0.4) is 0 Å². The first-order chi connectivity index (χ1) is 10.0. The predicted molar refractivity (Wildman–Crippen MR) is 79.5 cm³/mol. The molecule has 2 unspecified atom stereocenters. The summed E-state index contributed by atoms with van der Waals surface area (Å²) in [6.07, 6.45) is 3.55. The maximum absolute atomic E-state index is 12.3. The Kier molecular flexibility index (Phi) is 5.80. The van der Waals surface area contributed by atoms with Crippen LogP contribution in [0.1, 0.15) is 38.4 Å². The summed E-state index contributed by atoms with van der Waals surface area (Å²) in [4.78, 5) is 0. The van der Waals surface area contributed by atoms with Gasteiger partial charge in [-0.15, -0.1) is 0 Å². The highest BCUT2D eigenvalue weighted by molar-refractivity contribution is 7.89. The van der Waals surface area contributed by atoms with Gasteiger partial charge in [0.25, 0.3) is 10.0 Å². The van der Waals surface area contributed by atoms with E-state index in [9.17, 15) is 8.42 Å². The van der Waals surface area contributed by atoms with Gasteiger partial charge in [0.05, 0.1) is 12.6 Å². The molecular weight excluding hydrogens is 292 g/mol. The summed E-state index contributed by atoms with van der Waals surface area (Å²) in [6.45, 7) is 3.49. The minimum atomic E-state index is -3.59. The molecule has 0 saturated heterocycles. The van der Waals surface area contributed by atoms with Crippen molar-refractivity contribution < 1.29 is 17.6 Å². The largest absolute Gasteiger partial charge is 0.447 e. The van der Waals surface area contributed by atoms with Crippen molar-refractivity contribution in [3.63, 3.8) is 0 Å². The Balaban J connectivity index is 1.93. The normalized spacial score (nSPS) is 22.8. The molecule has 0 bridgehead atoms. The van der Waals surface area contributed by atoms with E-state index < -0.39 is 10.0 Å². The van der Waals surface area contributed by atoms with Gasteiger partial charge in [-0.1, -0.05) is 6.92 Å². The summed E-state index contributed by atoms with van der Waals surface area (Å²) in [6, 6.07) is 3.13.